The van der Waals surface area contributed by atoms with Gasteiger partial charge in [0.2, 0.25) is 0 Å². The Morgan fingerprint density at radius 3 is 2.43 bits per heavy atom. The maximum atomic E-state index is 10.8. The van der Waals surface area contributed by atoms with Crippen molar-refractivity contribution >= 4 is 15.8 Å². The topological polar surface area (TPSA) is 89.6 Å². The summed E-state index contributed by atoms with van der Waals surface area (Å²) in [6.45, 7) is 1.70. The maximum Gasteiger partial charge on any atom is 0.294 e. The first-order valence-corrected chi connectivity index (χ1v) is 5.22. The summed E-state index contributed by atoms with van der Waals surface area (Å²) in [4.78, 5) is -0.266. The summed E-state index contributed by atoms with van der Waals surface area (Å²) in [6, 6.07) is 2.41. The summed E-state index contributed by atoms with van der Waals surface area (Å²) in [5.41, 5.74) is 6.44. The molecule has 0 radical (unpaired) electrons. The van der Waals surface area contributed by atoms with Crippen LogP contribution in [0.15, 0.2) is 17.0 Å². The highest BCUT2D eigenvalue weighted by atomic mass is 32.2. The zero-order valence-electron chi connectivity index (χ0n) is 7.81. The second kappa shape index (κ2) is 3.47. The van der Waals surface area contributed by atoms with E-state index in [1.807, 2.05) is 0 Å². The molecule has 0 atom stereocenters. The van der Waals surface area contributed by atoms with Gasteiger partial charge in [0.05, 0.1) is 12.0 Å². The van der Waals surface area contributed by atoms with Crippen LogP contribution >= 0.6 is 0 Å². The molecule has 14 heavy (non-hydrogen) atoms. The summed E-state index contributed by atoms with van der Waals surface area (Å²) in [7, 11) is -2.84. The van der Waals surface area contributed by atoms with Crippen molar-refractivity contribution in [2.24, 2.45) is 0 Å². The van der Waals surface area contributed by atoms with E-state index in [9.17, 15) is 8.42 Å². The molecule has 0 aliphatic carbocycles. The molecule has 3 N–H and O–H groups in total. The van der Waals surface area contributed by atoms with Gasteiger partial charge in [0.1, 0.15) is 5.75 Å². The van der Waals surface area contributed by atoms with Crippen LogP contribution in [0.25, 0.3) is 0 Å². The molecule has 6 heteroatoms. The zero-order chi connectivity index (χ0) is 10.9. The van der Waals surface area contributed by atoms with Crippen molar-refractivity contribution in [3.05, 3.63) is 17.7 Å². The number of hydrogen-bond donors (Lipinski definition) is 2. The lowest BCUT2D eigenvalue weighted by Gasteiger charge is -2.08. The van der Waals surface area contributed by atoms with E-state index in [1.54, 1.807) is 6.92 Å². The highest BCUT2D eigenvalue weighted by Gasteiger charge is 2.14. The number of nitrogens with two attached hydrogens (primary N) is 1. The van der Waals surface area contributed by atoms with E-state index in [4.69, 9.17) is 15.0 Å². The van der Waals surface area contributed by atoms with E-state index < -0.39 is 10.1 Å². The Labute approximate surface area is 82.2 Å². The lowest BCUT2D eigenvalue weighted by atomic mass is 10.2. The Kier molecular flexibility index (Phi) is 2.68. The van der Waals surface area contributed by atoms with Crippen LogP contribution in [0.2, 0.25) is 0 Å². The standard InChI is InChI=1S/C8H11NO4S/c1-5-7(9)3-6(14(10,11)12)4-8(5)13-2/h3-4H,9H2,1-2H3,(H,10,11,12). The van der Waals surface area contributed by atoms with Gasteiger partial charge in [0, 0.05) is 17.3 Å². The highest BCUT2D eigenvalue weighted by Crippen LogP contribution is 2.27. The molecule has 0 amide bonds. The number of hydrogen-bond acceptors (Lipinski definition) is 4. The number of ether oxygens (including phenoxy) is 1. The monoisotopic (exact) mass is 217 g/mol. The zero-order valence-corrected chi connectivity index (χ0v) is 8.63. The van der Waals surface area contributed by atoms with Crippen LogP contribution in [-0.2, 0) is 10.1 Å². The van der Waals surface area contributed by atoms with Gasteiger partial charge in [-0.1, -0.05) is 0 Å². The third-order valence-corrected chi connectivity index (χ3v) is 2.72. The molecule has 5 nitrogen and oxygen atoms in total. The molecule has 0 saturated carbocycles. The lowest BCUT2D eigenvalue weighted by Crippen LogP contribution is -2.02. The predicted molar refractivity (Wildman–Crippen MR) is 52.0 cm³/mol. The second-order valence-corrected chi connectivity index (χ2v) is 4.24. The first kappa shape index (κ1) is 10.8. The Bertz CT molecular complexity index is 453. The normalized spacial score (nSPS) is 11.4. The van der Waals surface area contributed by atoms with Crippen LogP contribution in [0, 0.1) is 6.92 Å². The molecule has 1 aromatic rings. The van der Waals surface area contributed by atoms with Gasteiger partial charge in [-0.2, -0.15) is 8.42 Å². The molecule has 0 saturated heterocycles. The van der Waals surface area contributed by atoms with Crippen molar-refractivity contribution in [2.45, 2.75) is 11.8 Å². The van der Waals surface area contributed by atoms with Gasteiger partial charge in [0.25, 0.3) is 10.1 Å². The molecular formula is C8H11NO4S. The van der Waals surface area contributed by atoms with E-state index in [0.717, 1.165) is 0 Å². The van der Waals surface area contributed by atoms with Crippen molar-refractivity contribution in [1.29, 1.82) is 0 Å². The van der Waals surface area contributed by atoms with Crippen molar-refractivity contribution < 1.29 is 17.7 Å². The van der Waals surface area contributed by atoms with Gasteiger partial charge in [-0.15, -0.1) is 0 Å². The van der Waals surface area contributed by atoms with Gasteiger partial charge in [-0.05, 0) is 13.0 Å². The molecule has 0 aliphatic heterocycles. The fraction of sp³-hybridized carbons (Fsp3) is 0.250. The highest BCUT2D eigenvalue weighted by molar-refractivity contribution is 7.85. The van der Waals surface area contributed by atoms with E-state index in [-0.39, 0.29) is 10.6 Å². The third kappa shape index (κ3) is 1.97. The van der Waals surface area contributed by atoms with Crippen molar-refractivity contribution in [2.75, 3.05) is 12.8 Å². The van der Waals surface area contributed by atoms with Crippen LogP contribution in [0.4, 0.5) is 5.69 Å². The van der Waals surface area contributed by atoms with Gasteiger partial charge in [-0.25, -0.2) is 0 Å². The van der Waals surface area contributed by atoms with E-state index >= 15 is 0 Å². The molecule has 1 aromatic carbocycles. The molecule has 0 bridgehead atoms. The van der Waals surface area contributed by atoms with Gasteiger partial charge in [-0.3, -0.25) is 4.55 Å². The van der Waals surface area contributed by atoms with Crippen LogP contribution in [0.1, 0.15) is 5.56 Å². The number of methoxy groups -OCH3 is 1. The Hall–Kier alpha value is -1.27. The van der Waals surface area contributed by atoms with Crippen LogP contribution in [-0.4, -0.2) is 20.1 Å². The third-order valence-electron chi connectivity index (χ3n) is 1.89. The molecule has 0 fully saturated rings. The Morgan fingerprint density at radius 2 is 2.00 bits per heavy atom. The molecule has 0 aliphatic rings. The van der Waals surface area contributed by atoms with E-state index in [1.165, 1.54) is 19.2 Å². The van der Waals surface area contributed by atoms with Crippen molar-refractivity contribution in [3.8, 4) is 5.75 Å². The molecular weight excluding hydrogens is 206 g/mol. The molecule has 0 spiro atoms. The fourth-order valence-electron chi connectivity index (χ4n) is 1.04. The summed E-state index contributed by atoms with van der Waals surface area (Å²) in [5.74, 6) is 0.331. The number of benzene rings is 1. The number of anilines is 1. The minimum absolute atomic E-state index is 0.261. The predicted octanol–water partition coefficient (Wildman–Crippen LogP) is 0.833. The SMILES string of the molecule is COc1cc(S(=O)(=O)O)cc(N)c1C. The minimum atomic E-state index is -4.23. The molecule has 1 rings (SSSR count). The minimum Gasteiger partial charge on any atom is -0.496 e. The fourth-order valence-corrected chi connectivity index (χ4v) is 1.58. The Balaban J connectivity index is 3.46. The van der Waals surface area contributed by atoms with Crippen LogP contribution in [0.3, 0.4) is 0 Å². The van der Waals surface area contributed by atoms with Gasteiger partial charge in [0.15, 0.2) is 0 Å². The first-order chi connectivity index (χ1) is 6.36. The van der Waals surface area contributed by atoms with E-state index in [2.05, 4.69) is 0 Å². The van der Waals surface area contributed by atoms with Crippen molar-refractivity contribution in [1.82, 2.24) is 0 Å². The summed E-state index contributed by atoms with van der Waals surface area (Å²) in [6.07, 6.45) is 0. The van der Waals surface area contributed by atoms with Crippen molar-refractivity contribution in [3.63, 3.8) is 0 Å². The average molecular weight is 217 g/mol. The molecule has 0 unspecified atom stereocenters. The van der Waals surface area contributed by atoms with Crippen LogP contribution < -0.4 is 10.5 Å². The average Bonchev–Trinajstić information content (AvgIpc) is 2.07. The van der Waals surface area contributed by atoms with Gasteiger partial charge < -0.3 is 10.5 Å². The second-order valence-electron chi connectivity index (χ2n) is 2.81. The molecule has 0 aromatic heterocycles. The summed E-state index contributed by atoms with van der Waals surface area (Å²) >= 11 is 0. The van der Waals surface area contributed by atoms with Crippen LogP contribution in [0.5, 0.6) is 5.75 Å². The number of rotatable bonds is 2. The Morgan fingerprint density at radius 1 is 1.43 bits per heavy atom. The first-order valence-electron chi connectivity index (χ1n) is 3.78. The number of nitrogen functional groups attached to an aromatic ring is 1. The van der Waals surface area contributed by atoms with Gasteiger partial charge >= 0.3 is 0 Å². The molecule has 0 heterocycles. The van der Waals surface area contributed by atoms with E-state index in [0.29, 0.717) is 11.3 Å². The molecule has 78 valence electrons. The lowest BCUT2D eigenvalue weighted by molar-refractivity contribution is 0.410. The summed E-state index contributed by atoms with van der Waals surface area (Å²) in [5, 5.41) is 0. The maximum absolute atomic E-state index is 10.8. The largest absolute Gasteiger partial charge is 0.496 e. The smallest absolute Gasteiger partial charge is 0.294 e. The summed E-state index contributed by atoms with van der Waals surface area (Å²) < 4.78 is 35.3. The quantitative estimate of drug-likeness (QED) is 0.565.